The summed E-state index contributed by atoms with van der Waals surface area (Å²) in [5.74, 6) is 2.48. The highest BCUT2D eigenvalue weighted by Gasteiger charge is 2.06. The first kappa shape index (κ1) is 9.79. The molecular weight excluding hydrogens is 162 g/mol. The van der Waals surface area contributed by atoms with Crippen LogP contribution in [0.5, 0.6) is 0 Å². The molecule has 1 aromatic carbocycles. The van der Waals surface area contributed by atoms with Crippen molar-refractivity contribution in [2.75, 3.05) is 13.2 Å². The van der Waals surface area contributed by atoms with Gasteiger partial charge in [0, 0.05) is 0 Å². The van der Waals surface area contributed by atoms with E-state index < -0.39 is 0 Å². The maximum Gasteiger partial charge on any atom is 0.0626 e. The highest BCUT2D eigenvalue weighted by atomic mass is 16.3. The van der Waals surface area contributed by atoms with E-state index in [0.717, 1.165) is 5.56 Å². The Morgan fingerprint density at radius 3 is 2.62 bits per heavy atom. The van der Waals surface area contributed by atoms with Gasteiger partial charge in [-0.1, -0.05) is 36.3 Å². The molecule has 0 saturated carbocycles. The molecule has 2 heteroatoms. The maximum absolute atomic E-state index is 9.07. The fourth-order valence-corrected chi connectivity index (χ4v) is 1.16. The minimum atomic E-state index is -0.0581. The first-order valence-electron chi connectivity index (χ1n) is 4.21. The third-order valence-corrected chi connectivity index (χ3v) is 1.84. The molecule has 0 amide bonds. The summed E-state index contributed by atoms with van der Waals surface area (Å²) in [4.78, 5) is 0. The van der Waals surface area contributed by atoms with Crippen molar-refractivity contribution in [3.8, 4) is 12.3 Å². The standard InChI is InChI=1S/C11H13NO/c1-2-8-12-11(9-13)10-6-4-3-5-7-10/h1,3-7,11-13H,8-9H2. The third kappa shape index (κ3) is 2.90. The summed E-state index contributed by atoms with van der Waals surface area (Å²) in [6.07, 6.45) is 5.12. The summed E-state index contributed by atoms with van der Waals surface area (Å²) in [6.45, 7) is 0.534. The molecule has 2 nitrogen and oxygen atoms in total. The van der Waals surface area contributed by atoms with E-state index in [4.69, 9.17) is 11.5 Å². The number of benzene rings is 1. The van der Waals surface area contributed by atoms with Crippen LogP contribution in [-0.2, 0) is 0 Å². The van der Waals surface area contributed by atoms with Gasteiger partial charge in [-0.15, -0.1) is 6.42 Å². The molecule has 1 unspecified atom stereocenters. The van der Waals surface area contributed by atoms with Crippen molar-refractivity contribution in [2.24, 2.45) is 0 Å². The van der Waals surface area contributed by atoms with Gasteiger partial charge < -0.3 is 5.11 Å². The lowest BCUT2D eigenvalue weighted by Gasteiger charge is -2.14. The Bertz CT molecular complexity index is 276. The van der Waals surface area contributed by atoms with E-state index in [1.54, 1.807) is 0 Å². The van der Waals surface area contributed by atoms with Gasteiger partial charge in [0.1, 0.15) is 0 Å². The molecule has 0 spiro atoms. The number of aliphatic hydroxyl groups is 1. The molecule has 1 atom stereocenters. The van der Waals surface area contributed by atoms with Gasteiger partial charge in [-0.3, -0.25) is 5.32 Å². The zero-order valence-corrected chi connectivity index (χ0v) is 7.40. The van der Waals surface area contributed by atoms with Gasteiger partial charge in [-0.05, 0) is 5.56 Å². The zero-order chi connectivity index (χ0) is 9.52. The Balaban J connectivity index is 2.63. The summed E-state index contributed by atoms with van der Waals surface area (Å²) in [5, 5.41) is 12.1. The Morgan fingerprint density at radius 2 is 2.08 bits per heavy atom. The van der Waals surface area contributed by atoms with Crippen molar-refractivity contribution in [2.45, 2.75) is 6.04 Å². The topological polar surface area (TPSA) is 32.3 Å². The van der Waals surface area contributed by atoms with Gasteiger partial charge in [0.25, 0.3) is 0 Å². The summed E-state index contributed by atoms with van der Waals surface area (Å²) < 4.78 is 0. The van der Waals surface area contributed by atoms with Crippen LogP contribution in [0.25, 0.3) is 0 Å². The number of nitrogens with one attached hydrogen (secondary N) is 1. The van der Waals surface area contributed by atoms with Crippen molar-refractivity contribution in [3.63, 3.8) is 0 Å². The largest absolute Gasteiger partial charge is 0.394 e. The highest BCUT2D eigenvalue weighted by Crippen LogP contribution is 2.10. The normalized spacial score (nSPS) is 12.0. The monoisotopic (exact) mass is 175 g/mol. The average molecular weight is 175 g/mol. The number of rotatable bonds is 4. The van der Waals surface area contributed by atoms with E-state index in [1.165, 1.54) is 0 Å². The van der Waals surface area contributed by atoms with Crippen LogP contribution in [0.15, 0.2) is 30.3 Å². The van der Waals surface area contributed by atoms with Crippen LogP contribution >= 0.6 is 0 Å². The van der Waals surface area contributed by atoms with Crippen LogP contribution < -0.4 is 5.32 Å². The van der Waals surface area contributed by atoms with Gasteiger partial charge in [0.05, 0.1) is 19.2 Å². The van der Waals surface area contributed by atoms with Crippen LogP contribution in [-0.4, -0.2) is 18.3 Å². The summed E-state index contributed by atoms with van der Waals surface area (Å²) in [6, 6.07) is 9.69. The van der Waals surface area contributed by atoms with Gasteiger partial charge >= 0.3 is 0 Å². The number of aliphatic hydroxyl groups excluding tert-OH is 1. The number of terminal acetylenes is 1. The van der Waals surface area contributed by atoms with Crippen molar-refractivity contribution < 1.29 is 5.11 Å². The van der Waals surface area contributed by atoms with Crippen LogP contribution in [0.4, 0.5) is 0 Å². The zero-order valence-electron chi connectivity index (χ0n) is 7.40. The van der Waals surface area contributed by atoms with E-state index >= 15 is 0 Å². The van der Waals surface area contributed by atoms with Crippen molar-refractivity contribution >= 4 is 0 Å². The molecule has 1 rings (SSSR count). The quantitative estimate of drug-likeness (QED) is 0.668. The third-order valence-electron chi connectivity index (χ3n) is 1.84. The predicted octanol–water partition coefficient (Wildman–Crippen LogP) is 0.943. The van der Waals surface area contributed by atoms with E-state index in [1.807, 2.05) is 30.3 Å². The highest BCUT2D eigenvalue weighted by molar-refractivity contribution is 5.19. The van der Waals surface area contributed by atoms with Crippen LogP contribution in [0.2, 0.25) is 0 Å². The van der Waals surface area contributed by atoms with Crippen molar-refractivity contribution in [3.05, 3.63) is 35.9 Å². The summed E-state index contributed by atoms with van der Waals surface area (Å²) >= 11 is 0. The fourth-order valence-electron chi connectivity index (χ4n) is 1.16. The molecule has 0 aliphatic carbocycles. The fraction of sp³-hybridized carbons (Fsp3) is 0.273. The van der Waals surface area contributed by atoms with Crippen LogP contribution in [0.3, 0.4) is 0 Å². The molecule has 1 aromatic rings. The number of hydrogen-bond acceptors (Lipinski definition) is 2. The first-order valence-corrected chi connectivity index (χ1v) is 4.21. The van der Waals surface area contributed by atoms with E-state index in [2.05, 4.69) is 11.2 Å². The molecule has 68 valence electrons. The van der Waals surface area contributed by atoms with E-state index in [9.17, 15) is 0 Å². The molecule has 0 radical (unpaired) electrons. The van der Waals surface area contributed by atoms with Gasteiger partial charge in [-0.25, -0.2) is 0 Å². The molecular formula is C11H13NO. The molecule has 0 fully saturated rings. The molecule has 0 saturated heterocycles. The SMILES string of the molecule is C#CCNC(CO)c1ccccc1. The Kier molecular flexibility index (Phi) is 4.04. The van der Waals surface area contributed by atoms with Crippen molar-refractivity contribution in [1.82, 2.24) is 5.32 Å². The molecule has 0 heterocycles. The molecule has 0 aromatic heterocycles. The van der Waals surface area contributed by atoms with Crippen LogP contribution in [0.1, 0.15) is 11.6 Å². The van der Waals surface area contributed by atoms with Gasteiger partial charge in [-0.2, -0.15) is 0 Å². The van der Waals surface area contributed by atoms with Crippen LogP contribution in [0, 0.1) is 12.3 Å². The Morgan fingerprint density at radius 1 is 1.38 bits per heavy atom. The van der Waals surface area contributed by atoms with E-state index in [0.29, 0.717) is 6.54 Å². The second-order valence-corrected chi connectivity index (χ2v) is 2.73. The van der Waals surface area contributed by atoms with Gasteiger partial charge in [0.15, 0.2) is 0 Å². The average Bonchev–Trinajstić information content (AvgIpc) is 2.21. The first-order chi connectivity index (χ1) is 6.38. The van der Waals surface area contributed by atoms with Gasteiger partial charge in [0.2, 0.25) is 0 Å². The minimum absolute atomic E-state index is 0.0581. The lowest BCUT2D eigenvalue weighted by molar-refractivity contribution is 0.248. The smallest absolute Gasteiger partial charge is 0.0626 e. The second kappa shape index (κ2) is 5.36. The maximum atomic E-state index is 9.07. The predicted molar refractivity (Wildman–Crippen MR) is 53.1 cm³/mol. The molecule has 13 heavy (non-hydrogen) atoms. The molecule has 2 N–H and O–H groups in total. The Hall–Kier alpha value is -1.30. The molecule has 0 aliphatic rings. The number of hydrogen-bond donors (Lipinski definition) is 2. The molecule has 0 bridgehead atoms. The molecule has 0 aliphatic heterocycles. The summed E-state index contributed by atoms with van der Waals surface area (Å²) in [5.41, 5.74) is 1.06. The van der Waals surface area contributed by atoms with E-state index in [-0.39, 0.29) is 12.6 Å². The Labute approximate surface area is 78.6 Å². The second-order valence-electron chi connectivity index (χ2n) is 2.73. The lowest BCUT2D eigenvalue weighted by atomic mass is 10.1. The summed E-state index contributed by atoms with van der Waals surface area (Å²) in [7, 11) is 0. The lowest BCUT2D eigenvalue weighted by Crippen LogP contribution is -2.24. The minimum Gasteiger partial charge on any atom is -0.394 e. The van der Waals surface area contributed by atoms with Crippen molar-refractivity contribution in [1.29, 1.82) is 0 Å².